The number of ether oxygens (including phenoxy) is 3. The summed E-state index contributed by atoms with van der Waals surface area (Å²) in [5, 5.41) is 8.70. The van der Waals surface area contributed by atoms with Gasteiger partial charge in [-0.25, -0.2) is 0 Å². The standard InChI is InChI=1S/C9H16O4/c1-3-4-11-5-6-12-7-8-13-9(2)10/h1,9-10H,4-8H2,2H3. The molecule has 0 saturated carbocycles. The van der Waals surface area contributed by atoms with E-state index in [0.717, 1.165) is 0 Å². The Hall–Kier alpha value is -0.600. The van der Waals surface area contributed by atoms with Crippen LogP contribution in [0.2, 0.25) is 0 Å². The highest BCUT2D eigenvalue weighted by Gasteiger charge is 1.93. The molecular weight excluding hydrogens is 172 g/mol. The van der Waals surface area contributed by atoms with Crippen LogP contribution in [0.4, 0.5) is 0 Å². The molecule has 0 aromatic rings. The van der Waals surface area contributed by atoms with Gasteiger partial charge in [0.2, 0.25) is 0 Å². The first kappa shape index (κ1) is 12.4. The van der Waals surface area contributed by atoms with Gasteiger partial charge in [-0.2, -0.15) is 0 Å². The van der Waals surface area contributed by atoms with E-state index in [9.17, 15) is 0 Å². The molecule has 0 aromatic carbocycles. The van der Waals surface area contributed by atoms with Gasteiger partial charge in [0.25, 0.3) is 0 Å². The van der Waals surface area contributed by atoms with Crippen molar-refractivity contribution in [2.24, 2.45) is 0 Å². The fourth-order valence-corrected chi connectivity index (χ4v) is 0.629. The Labute approximate surface area is 78.8 Å². The summed E-state index contributed by atoms with van der Waals surface area (Å²) in [6, 6.07) is 0. The van der Waals surface area contributed by atoms with E-state index in [1.165, 1.54) is 0 Å². The van der Waals surface area contributed by atoms with Crippen LogP contribution < -0.4 is 0 Å². The van der Waals surface area contributed by atoms with E-state index in [4.69, 9.17) is 25.7 Å². The van der Waals surface area contributed by atoms with Gasteiger partial charge in [0, 0.05) is 0 Å². The molecule has 0 fully saturated rings. The normalized spacial score (nSPS) is 12.4. The van der Waals surface area contributed by atoms with Crippen LogP contribution in [0.5, 0.6) is 0 Å². The van der Waals surface area contributed by atoms with Crippen LogP contribution in [-0.2, 0) is 14.2 Å². The first-order chi connectivity index (χ1) is 6.27. The SMILES string of the molecule is C#CCOCCOCCOC(C)O. The van der Waals surface area contributed by atoms with E-state index in [1.807, 2.05) is 0 Å². The number of rotatable bonds is 8. The van der Waals surface area contributed by atoms with Crippen LogP contribution in [0.3, 0.4) is 0 Å². The largest absolute Gasteiger partial charge is 0.377 e. The van der Waals surface area contributed by atoms with Gasteiger partial charge in [-0.15, -0.1) is 6.42 Å². The van der Waals surface area contributed by atoms with Crippen molar-refractivity contribution < 1.29 is 19.3 Å². The molecule has 4 heteroatoms. The lowest BCUT2D eigenvalue weighted by molar-refractivity contribution is -0.101. The van der Waals surface area contributed by atoms with E-state index in [1.54, 1.807) is 6.92 Å². The highest BCUT2D eigenvalue weighted by Crippen LogP contribution is 1.84. The second-order valence-corrected chi connectivity index (χ2v) is 2.34. The minimum absolute atomic E-state index is 0.313. The maximum atomic E-state index is 8.70. The summed E-state index contributed by atoms with van der Waals surface area (Å²) in [5.74, 6) is 2.35. The van der Waals surface area contributed by atoms with Crippen molar-refractivity contribution in [3.8, 4) is 12.3 Å². The van der Waals surface area contributed by atoms with Crippen molar-refractivity contribution in [2.45, 2.75) is 13.2 Å². The van der Waals surface area contributed by atoms with Crippen molar-refractivity contribution in [3.05, 3.63) is 0 Å². The molecule has 76 valence electrons. The molecule has 1 atom stereocenters. The second kappa shape index (κ2) is 9.49. The zero-order valence-corrected chi connectivity index (χ0v) is 7.86. The number of terminal acetylenes is 1. The number of aliphatic hydroxyl groups is 1. The van der Waals surface area contributed by atoms with Crippen LogP contribution in [0.1, 0.15) is 6.92 Å². The predicted molar refractivity (Wildman–Crippen MR) is 48.1 cm³/mol. The Morgan fingerprint density at radius 2 is 1.85 bits per heavy atom. The third-order valence-corrected chi connectivity index (χ3v) is 1.14. The summed E-state index contributed by atoms with van der Waals surface area (Å²) in [4.78, 5) is 0. The van der Waals surface area contributed by atoms with Gasteiger partial charge in [0.1, 0.15) is 6.61 Å². The average molecular weight is 188 g/mol. The summed E-state index contributed by atoms with van der Waals surface area (Å²) in [6.45, 7) is 3.67. The van der Waals surface area contributed by atoms with Crippen molar-refractivity contribution in [1.29, 1.82) is 0 Å². The number of hydrogen-bond acceptors (Lipinski definition) is 4. The predicted octanol–water partition coefficient (Wildman–Crippen LogP) is 0.00770. The first-order valence-electron chi connectivity index (χ1n) is 4.16. The van der Waals surface area contributed by atoms with Gasteiger partial charge in [0.05, 0.1) is 26.4 Å². The fraction of sp³-hybridized carbons (Fsp3) is 0.778. The molecule has 0 aliphatic carbocycles. The minimum atomic E-state index is -0.735. The highest BCUT2D eigenvalue weighted by atomic mass is 16.6. The van der Waals surface area contributed by atoms with Crippen molar-refractivity contribution in [2.75, 3.05) is 33.0 Å². The molecule has 0 aliphatic rings. The molecule has 0 aliphatic heterocycles. The third-order valence-electron chi connectivity index (χ3n) is 1.14. The monoisotopic (exact) mass is 188 g/mol. The summed E-state index contributed by atoms with van der Waals surface area (Å²) in [5.41, 5.74) is 0. The van der Waals surface area contributed by atoms with E-state index in [0.29, 0.717) is 33.0 Å². The number of aliphatic hydroxyl groups excluding tert-OH is 1. The molecule has 1 unspecified atom stereocenters. The van der Waals surface area contributed by atoms with E-state index in [2.05, 4.69) is 5.92 Å². The van der Waals surface area contributed by atoms with Gasteiger partial charge in [-0.3, -0.25) is 0 Å². The zero-order valence-electron chi connectivity index (χ0n) is 7.86. The summed E-state index contributed by atoms with van der Waals surface area (Å²) in [7, 11) is 0. The van der Waals surface area contributed by atoms with Crippen molar-refractivity contribution in [1.82, 2.24) is 0 Å². The van der Waals surface area contributed by atoms with Crippen LogP contribution in [0.25, 0.3) is 0 Å². The lowest BCUT2D eigenvalue weighted by Crippen LogP contribution is -2.13. The van der Waals surface area contributed by atoms with Crippen LogP contribution >= 0.6 is 0 Å². The second-order valence-electron chi connectivity index (χ2n) is 2.34. The molecule has 0 saturated heterocycles. The van der Waals surface area contributed by atoms with Crippen LogP contribution in [0.15, 0.2) is 0 Å². The average Bonchev–Trinajstić information content (AvgIpc) is 2.09. The molecule has 0 heterocycles. The van der Waals surface area contributed by atoms with Crippen LogP contribution in [0, 0.1) is 12.3 Å². The van der Waals surface area contributed by atoms with Gasteiger partial charge < -0.3 is 19.3 Å². The summed E-state index contributed by atoms with van der Waals surface area (Å²) in [6.07, 6.45) is 4.23. The molecule has 1 N–H and O–H groups in total. The lowest BCUT2D eigenvalue weighted by atomic mass is 10.7. The topological polar surface area (TPSA) is 47.9 Å². The Kier molecular flexibility index (Phi) is 9.05. The first-order valence-corrected chi connectivity index (χ1v) is 4.16. The van der Waals surface area contributed by atoms with E-state index in [-0.39, 0.29) is 0 Å². The zero-order chi connectivity index (χ0) is 9.94. The summed E-state index contributed by atoms with van der Waals surface area (Å²) >= 11 is 0. The minimum Gasteiger partial charge on any atom is -0.377 e. The van der Waals surface area contributed by atoms with Gasteiger partial charge in [-0.05, 0) is 6.92 Å². The molecular formula is C9H16O4. The molecule has 0 bridgehead atoms. The smallest absolute Gasteiger partial charge is 0.151 e. The molecule has 0 amide bonds. The van der Waals surface area contributed by atoms with E-state index < -0.39 is 6.29 Å². The highest BCUT2D eigenvalue weighted by molar-refractivity contribution is 4.82. The Bertz CT molecular complexity index is 139. The van der Waals surface area contributed by atoms with Crippen molar-refractivity contribution >= 4 is 0 Å². The Balaban J connectivity index is 2.88. The molecule has 0 rings (SSSR count). The maximum Gasteiger partial charge on any atom is 0.151 e. The van der Waals surface area contributed by atoms with Crippen molar-refractivity contribution in [3.63, 3.8) is 0 Å². The Morgan fingerprint density at radius 3 is 2.46 bits per heavy atom. The molecule has 0 aromatic heterocycles. The van der Waals surface area contributed by atoms with Gasteiger partial charge >= 0.3 is 0 Å². The fourth-order valence-electron chi connectivity index (χ4n) is 0.629. The third kappa shape index (κ3) is 11.4. The molecule has 4 nitrogen and oxygen atoms in total. The van der Waals surface area contributed by atoms with Gasteiger partial charge in [-0.1, -0.05) is 5.92 Å². The Morgan fingerprint density at radius 1 is 1.23 bits per heavy atom. The quantitative estimate of drug-likeness (QED) is 0.331. The molecule has 13 heavy (non-hydrogen) atoms. The summed E-state index contributed by atoms with van der Waals surface area (Å²) < 4.78 is 14.9. The number of hydrogen-bond donors (Lipinski definition) is 1. The molecule has 0 spiro atoms. The lowest BCUT2D eigenvalue weighted by Gasteiger charge is -2.06. The van der Waals surface area contributed by atoms with E-state index >= 15 is 0 Å². The molecule has 0 radical (unpaired) electrons. The maximum absolute atomic E-state index is 8.70. The van der Waals surface area contributed by atoms with Crippen LogP contribution in [-0.4, -0.2) is 44.4 Å². The van der Waals surface area contributed by atoms with Gasteiger partial charge in [0.15, 0.2) is 6.29 Å².